The van der Waals surface area contributed by atoms with Gasteiger partial charge in [0.05, 0.1) is 0 Å². The number of rotatable bonds is 7. The molecule has 0 aliphatic carbocycles. The van der Waals surface area contributed by atoms with Gasteiger partial charge in [-0.2, -0.15) is 0 Å². The molecular formula is C18H23FN2. The van der Waals surface area contributed by atoms with Crippen molar-refractivity contribution in [2.24, 2.45) is 0 Å². The molecule has 1 N–H and O–H groups in total. The van der Waals surface area contributed by atoms with E-state index >= 15 is 0 Å². The van der Waals surface area contributed by atoms with Gasteiger partial charge in [-0.25, -0.2) is 4.39 Å². The molecule has 0 aliphatic heterocycles. The lowest BCUT2D eigenvalue weighted by Crippen LogP contribution is -2.17. The Hall–Kier alpha value is -1.71. The minimum Gasteiger partial charge on any atom is -0.313 e. The highest BCUT2D eigenvalue weighted by Crippen LogP contribution is 2.11. The van der Waals surface area contributed by atoms with Crippen LogP contribution in [0.3, 0.4) is 0 Å². The number of benzene rings is 2. The third-order valence-electron chi connectivity index (χ3n) is 3.39. The Labute approximate surface area is 126 Å². The molecular weight excluding hydrogens is 263 g/mol. The summed E-state index contributed by atoms with van der Waals surface area (Å²) in [4.78, 5) is 2.24. The van der Waals surface area contributed by atoms with Gasteiger partial charge in [-0.3, -0.25) is 4.90 Å². The standard InChI is InChI=1S/C18H23FN2/c1-3-20-12-16-5-4-6-17(11-16)14-21(2)13-15-7-9-18(19)10-8-15/h4-11,20H,3,12-14H2,1-2H3. The van der Waals surface area contributed by atoms with Gasteiger partial charge in [0.1, 0.15) is 5.82 Å². The van der Waals surface area contributed by atoms with E-state index in [1.54, 1.807) is 0 Å². The first-order valence-corrected chi connectivity index (χ1v) is 7.39. The van der Waals surface area contributed by atoms with Crippen LogP contribution in [0.15, 0.2) is 48.5 Å². The van der Waals surface area contributed by atoms with E-state index in [4.69, 9.17) is 0 Å². The van der Waals surface area contributed by atoms with Crippen molar-refractivity contribution in [1.82, 2.24) is 10.2 Å². The van der Waals surface area contributed by atoms with Crippen LogP contribution in [0.2, 0.25) is 0 Å². The lowest BCUT2D eigenvalue weighted by Gasteiger charge is -2.17. The summed E-state index contributed by atoms with van der Waals surface area (Å²) in [6, 6.07) is 15.3. The minimum absolute atomic E-state index is 0.183. The zero-order valence-electron chi connectivity index (χ0n) is 12.8. The van der Waals surface area contributed by atoms with Crippen molar-refractivity contribution in [3.05, 3.63) is 71.0 Å². The predicted octanol–water partition coefficient (Wildman–Crippen LogP) is 3.57. The second-order valence-electron chi connectivity index (χ2n) is 5.40. The first kappa shape index (κ1) is 15.7. The Balaban J connectivity index is 1.92. The zero-order chi connectivity index (χ0) is 15.1. The molecule has 0 unspecified atom stereocenters. The van der Waals surface area contributed by atoms with Crippen LogP contribution in [0, 0.1) is 5.82 Å². The van der Waals surface area contributed by atoms with Gasteiger partial charge < -0.3 is 5.32 Å². The fourth-order valence-electron chi connectivity index (χ4n) is 2.38. The van der Waals surface area contributed by atoms with Crippen molar-refractivity contribution in [1.29, 1.82) is 0 Å². The first-order chi connectivity index (χ1) is 10.2. The molecule has 0 fully saturated rings. The third kappa shape index (κ3) is 5.29. The van der Waals surface area contributed by atoms with Crippen LogP contribution in [-0.4, -0.2) is 18.5 Å². The molecule has 3 heteroatoms. The monoisotopic (exact) mass is 286 g/mol. The topological polar surface area (TPSA) is 15.3 Å². The van der Waals surface area contributed by atoms with Crippen LogP contribution in [0.5, 0.6) is 0 Å². The summed E-state index contributed by atoms with van der Waals surface area (Å²) in [5.41, 5.74) is 3.74. The van der Waals surface area contributed by atoms with E-state index in [9.17, 15) is 4.39 Å². The van der Waals surface area contributed by atoms with Crippen molar-refractivity contribution < 1.29 is 4.39 Å². The van der Waals surface area contributed by atoms with Gasteiger partial charge in [-0.15, -0.1) is 0 Å². The lowest BCUT2D eigenvalue weighted by molar-refractivity contribution is 0.319. The van der Waals surface area contributed by atoms with Gasteiger partial charge in [0.2, 0.25) is 0 Å². The van der Waals surface area contributed by atoms with Crippen LogP contribution >= 0.6 is 0 Å². The van der Waals surface area contributed by atoms with Crippen molar-refractivity contribution in [2.45, 2.75) is 26.6 Å². The molecule has 21 heavy (non-hydrogen) atoms. The van der Waals surface area contributed by atoms with E-state index in [1.807, 2.05) is 12.1 Å². The van der Waals surface area contributed by atoms with Crippen LogP contribution in [-0.2, 0) is 19.6 Å². The molecule has 0 saturated carbocycles. The zero-order valence-corrected chi connectivity index (χ0v) is 12.8. The average Bonchev–Trinajstić information content (AvgIpc) is 2.48. The molecule has 0 radical (unpaired) electrons. The van der Waals surface area contributed by atoms with Crippen LogP contribution in [0.25, 0.3) is 0 Å². The van der Waals surface area contributed by atoms with Gasteiger partial charge >= 0.3 is 0 Å². The largest absolute Gasteiger partial charge is 0.313 e. The first-order valence-electron chi connectivity index (χ1n) is 7.39. The second-order valence-corrected chi connectivity index (χ2v) is 5.40. The molecule has 2 aromatic rings. The highest BCUT2D eigenvalue weighted by atomic mass is 19.1. The Morgan fingerprint density at radius 1 is 0.952 bits per heavy atom. The third-order valence-corrected chi connectivity index (χ3v) is 3.39. The Kier molecular flexibility index (Phi) is 5.90. The summed E-state index contributed by atoms with van der Waals surface area (Å²) in [7, 11) is 2.08. The normalized spacial score (nSPS) is 11.0. The molecule has 0 bridgehead atoms. The maximum absolute atomic E-state index is 12.9. The molecule has 112 valence electrons. The second kappa shape index (κ2) is 7.91. The van der Waals surface area contributed by atoms with Crippen molar-refractivity contribution in [3.8, 4) is 0 Å². The highest BCUT2D eigenvalue weighted by Gasteiger charge is 2.03. The molecule has 0 aromatic heterocycles. The highest BCUT2D eigenvalue weighted by molar-refractivity contribution is 5.23. The lowest BCUT2D eigenvalue weighted by atomic mass is 10.1. The fourth-order valence-corrected chi connectivity index (χ4v) is 2.38. The summed E-state index contributed by atoms with van der Waals surface area (Å²) in [5.74, 6) is -0.183. The number of hydrogen-bond donors (Lipinski definition) is 1. The van der Waals surface area contributed by atoms with Crippen molar-refractivity contribution >= 4 is 0 Å². The van der Waals surface area contributed by atoms with E-state index in [1.165, 1.54) is 23.3 Å². The Bertz CT molecular complexity index is 551. The number of halogens is 1. The molecule has 0 amide bonds. The Morgan fingerprint density at radius 2 is 1.62 bits per heavy atom. The van der Waals surface area contributed by atoms with E-state index in [2.05, 4.69) is 48.5 Å². The number of nitrogens with zero attached hydrogens (tertiary/aromatic N) is 1. The molecule has 0 spiro atoms. The summed E-state index contributed by atoms with van der Waals surface area (Å²) < 4.78 is 12.9. The van der Waals surface area contributed by atoms with Gasteiger partial charge in [0.15, 0.2) is 0 Å². The summed E-state index contributed by atoms with van der Waals surface area (Å²) >= 11 is 0. The SMILES string of the molecule is CCNCc1cccc(CN(C)Cc2ccc(F)cc2)c1. The van der Waals surface area contributed by atoms with Gasteiger partial charge in [-0.05, 0) is 42.4 Å². The van der Waals surface area contributed by atoms with Gasteiger partial charge in [0, 0.05) is 19.6 Å². The van der Waals surface area contributed by atoms with E-state index in [0.717, 1.165) is 31.7 Å². The summed E-state index contributed by atoms with van der Waals surface area (Å²) in [5, 5.41) is 3.34. The molecule has 0 heterocycles. The predicted molar refractivity (Wildman–Crippen MR) is 85.4 cm³/mol. The van der Waals surface area contributed by atoms with E-state index in [-0.39, 0.29) is 5.82 Å². The quantitative estimate of drug-likeness (QED) is 0.837. The molecule has 2 nitrogen and oxygen atoms in total. The summed E-state index contributed by atoms with van der Waals surface area (Å²) in [6.45, 7) is 5.70. The minimum atomic E-state index is -0.183. The Morgan fingerprint density at radius 3 is 2.33 bits per heavy atom. The van der Waals surface area contributed by atoms with Crippen LogP contribution < -0.4 is 5.32 Å². The molecule has 2 aromatic carbocycles. The van der Waals surface area contributed by atoms with Crippen LogP contribution in [0.1, 0.15) is 23.6 Å². The van der Waals surface area contributed by atoms with Gasteiger partial charge in [-0.1, -0.05) is 43.3 Å². The van der Waals surface area contributed by atoms with Crippen molar-refractivity contribution in [3.63, 3.8) is 0 Å². The molecule has 0 atom stereocenters. The molecule has 0 aliphatic rings. The maximum atomic E-state index is 12.9. The fraction of sp³-hybridized carbons (Fsp3) is 0.333. The molecule has 2 rings (SSSR count). The maximum Gasteiger partial charge on any atom is 0.123 e. The average molecular weight is 286 g/mol. The molecule has 0 saturated heterocycles. The van der Waals surface area contributed by atoms with Gasteiger partial charge in [0.25, 0.3) is 0 Å². The summed E-state index contributed by atoms with van der Waals surface area (Å²) in [6.07, 6.45) is 0. The smallest absolute Gasteiger partial charge is 0.123 e. The number of hydrogen-bond acceptors (Lipinski definition) is 2. The van der Waals surface area contributed by atoms with Crippen molar-refractivity contribution in [2.75, 3.05) is 13.6 Å². The van der Waals surface area contributed by atoms with Crippen LogP contribution in [0.4, 0.5) is 4.39 Å². The number of nitrogens with one attached hydrogen (secondary N) is 1. The van der Waals surface area contributed by atoms with E-state index < -0.39 is 0 Å². The van der Waals surface area contributed by atoms with E-state index in [0.29, 0.717) is 0 Å².